The zero-order chi connectivity index (χ0) is 45.0. The smallest absolute Gasteiger partial charge is 0.313 e. The minimum atomic E-state index is -3.81. The van der Waals surface area contributed by atoms with Crippen molar-refractivity contribution in [1.29, 1.82) is 5.26 Å². The molecule has 5 heterocycles. The number of fused-ring (bicyclic) bond motifs is 4. The van der Waals surface area contributed by atoms with Gasteiger partial charge in [0, 0.05) is 41.7 Å². The molecule has 5 aromatic heterocycles. The zero-order valence-electron chi connectivity index (χ0n) is 36.0. The lowest BCUT2D eigenvalue weighted by Crippen LogP contribution is -2.26. The van der Waals surface area contributed by atoms with E-state index >= 15 is 0 Å². The number of imidazole rings is 1. The number of hydrogen-bond donors (Lipinski definition) is 2. The van der Waals surface area contributed by atoms with Crippen molar-refractivity contribution in [2.45, 2.75) is 106 Å². The molecule has 0 radical (unpaired) electrons. The van der Waals surface area contributed by atoms with Gasteiger partial charge in [-0.25, -0.2) is 39.7 Å². The molecule has 334 valence electrons. The molecule has 0 unspecified atom stereocenters. The number of ether oxygens (including phenoxy) is 1. The SMILES string of the molecule is CCOC(=O)Cc1nc2cnc3c(ccn3S(=O)(=O)c3ccccc3)c2n1C1CCC(CC)CC1.N#CCC1CCC(Nc2c(N)cnc3c2ccn3S(=O)(=O)c2ccccc2)CC1. The van der Waals surface area contributed by atoms with Crippen molar-refractivity contribution in [2.24, 2.45) is 11.8 Å². The molecule has 7 aromatic rings. The van der Waals surface area contributed by atoms with Crippen molar-refractivity contribution in [2.75, 3.05) is 17.7 Å². The highest BCUT2D eigenvalue weighted by Gasteiger charge is 2.30. The van der Waals surface area contributed by atoms with Crippen LogP contribution in [0.5, 0.6) is 0 Å². The van der Waals surface area contributed by atoms with Crippen LogP contribution in [0.3, 0.4) is 0 Å². The average molecular weight is 904 g/mol. The average Bonchev–Trinajstić information content (AvgIpc) is 4.05. The van der Waals surface area contributed by atoms with Gasteiger partial charge in [0.1, 0.15) is 17.8 Å². The number of nitriles is 1. The van der Waals surface area contributed by atoms with Crippen molar-refractivity contribution >= 4 is 70.5 Å². The summed E-state index contributed by atoms with van der Waals surface area (Å²) in [6, 6.07) is 22.9. The number of nitrogens with two attached hydrogens (primary N) is 1. The van der Waals surface area contributed by atoms with Crippen molar-refractivity contribution in [3.8, 4) is 6.07 Å². The van der Waals surface area contributed by atoms with Crippen LogP contribution in [0, 0.1) is 23.2 Å². The number of carbonyl (C=O) groups is 1. The van der Waals surface area contributed by atoms with E-state index in [0.717, 1.165) is 62.6 Å². The van der Waals surface area contributed by atoms with E-state index in [0.29, 0.717) is 64.0 Å². The largest absolute Gasteiger partial charge is 0.466 e. The normalized spacial score (nSPS) is 19.2. The molecule has 0 aliphatic heterocycles. The standard InChI is InChI=1S/C26H30N4O4S.C21H23N5O2S/c1-3-18-10-12-19(13-11-18)30-23(16-24(31)34-4-2)28-22-17-27-26-21(25(22)30)14-15-29(26)35(32,33)20-8-6-5-7-9-20;22-12-10-15-6-8-16(9-7-15)25-20-18-11-13-26(21(18)24-14-19(20)23)29(27,28)17-4-2-1-3-5-17/h5-9,14-15,17-19H,3-4,10-13,16H2,1-2H3;1-5,11,13-16H,6-10,23H2,(H,24,25). The fourth-order valence-electron chi connectivity index (χ4n) is 9.25. The second-order valence-corrected chi connectivity index (χ2v) is 20.2. The third-order valence-corrected chi connectivity index (χ3v) is 16.0. The van der Waals surface area contributed by atoms with Crippen LogP contribution in [0.2, 0.25) is 0 Å². The molecule has 3 N–H and O–H groups in total. The Kier molecular flexibility index (Phi) is 13.1. The van der Waals surface area contributed by atoms with Gasteiger partial charge in [-0.2, -0.15) is 5.26 Å². The molecule has 2 aliphatic carbocycles. The summed E-state index contributed by atoms with van der Waals surface area (Å²) < 4.78 is 62.6. The number of aromatic nitrogens is 6. The van der Waals surface area contributed by atoms with Gasteiger partial charge < -0.3 is 20.4 Å². The van der Waals surface area contributed by atoms with Crippen LogP contribution in [-0.4, -0.2) is 62.9 Å². The van der Waals surface area contributed by atoms with Gasteiger partial charge in [-0.15, -0.1) is 0 Å². The number of benzene rings is 2. The van der Waals surface area contributed by atoms with Gasteiger partial charge in [0.25, 0.3) is 20.0 Å². The van der Waals surface area contributed by atoms with Gasteiger partial charge in [-0.3, -0.25) is 4.79 Å². The van der Waals surface area contributed by atoms with E-state index in [1.165, 1.54) is 26.8 Å². The lowest BCUT2D eigenvalue weighted by Gasteiger charge is -2.30. The molecule has 2 aromatic carbocycles. The quantitative estimate of drug-likeness (QED) is 0.110. The Balaban J connectivity index is 0.000000178. The summed E-state index contributed by atoms with van der Waals surface area (Å²) in [5.74, 6) is 1.50. The topological polar surface area (TPSA) is 210 Å². The molecule has 0 bridgehead atoms. The lowest BCUT2D eigenvalue weighted by molar-refractivity contribution is -0.142. The molecule has 17 heteroatoms. The summed E-state index contributed by atoms with van der Waals surface area (Å²) >= 11 is 0. The maximum atomic E-state index is 13.4. The number of pyridine rings is 2. The first-order valence-corrected chi connectivity index (χ1v) is 24.8. The van der Waals surface area contributed by atoms with Crippen LogP contribution < -0.4 is 11.1 Å². The molecule has 0 amide bonds. The summed E-state index contributed by atoms with van der Waals surface area (Å²) in [5.41, 5.74) is 9.59. The van der Waals surface area contributed by atoms with E-state index in [4.69, 9.17) is 20.7 Å². The summed E-state index contributed by atoms with van der Waals surface area (Å²) in [4.78, 5) is 26.4. The van der Waals surface area contributed by atoms with Gasteiger partial charge in [0.2, 0.25) is 0 Å². The van der Waals surface area contributed by atoms with E-state index in [1.54, 1.807) is 92.1 Å². The number of nitrogens with one attached hydrogen (secondary N) is 1. The van der Waals surface area contributed by atoms with Crippen LogP contribution in [0.25, 0.3) is 33.1 Å². The maximum absolute atomic E-state index is 13.4. The third kappa shape index (κ3) is 8.81. The minimum absolute atomic E-state index is 0.0702. The van der Waals surface area contributed by atoms with E-state index in [1.807, 2.05) is 0 Å². The first-order valence-electron chi connectivity index (χ1n) is 22.0. The Morgan fingerprint density at radius 2 is 1.34 bits per heavy atom. The lowest BCUT2D eigenvalue weighted by atomic mass is 9.84. The van der Waals surface area contributed by atoms with Crippen LogP contribution in [0.4, 0.5) is 11.4 Å². The van der Waals surface area contributed by atoms with Gasteiger partial charge in [-0.05, 0) is 107 Å². The van der Waals surface area contributed by atoms with Crippen LogP contribution in [0.15, 0.2) is 107 Å². The highest BCUT2D eigenvalue weighted by Crippen LogP contribution is 2.39. The molecular weight excluding hydrogens is 851 g/mol. The Morgan fingerprint density at radius 3 is 1.92 bits per heavy atom. The van der Waals surface area contributed by atoms with Gasteiger partial charge in [0.15, 0.2) is 11.3 Å². The van der Waals surface area contributed by atoms with Crippen LogP contribution >= 0.6 is 0 Å². The number of nitrogens with zero attached hydrogens (tertiary/aromatic N) is 7. The van der Waals surface area contributed by atoms with Crippen LogP contribution in [0.1, 0.15) is 89.9 Å². The molecule has 2 aliphatic rings. The molecular formula is C47H53N9O6S2. The number of hydrogen-bond acceptors (Lipinski definition) is 12. The molecule has 0 saturated heterocycles. The van der Waals surface area contributed by atoms with E-state index < -0.39 is 20.0 Å². The number of carbonyl (C=O) groups excluding carboxylic acids is 1. The highest BCUT2D eigenvalue weighted by molar-refractivity contribution is 7.90. The van der Waals surface area contributed by atoms with Gasteiger partial charge >= 0.3 is 5.97 Å². The van der Waals surface area contributed by atoms with E-state index in [9.17, 15) is 21.6 Å². The fourth-order valence-corrected chi connectivity index (χ4v) is 11.9. The summed E-state index contributed by atoms with van der Waals surface area (Å²) in [6.45, 7) is 4.33. The first kappa shape index (κ1) is 44.4. The Morgan fingerprint density at radius 1 is 0.781 bits per heavy atom. The first-order chi connectivity index (χ1) is 30.9. The van der Waals surface area contributed by atoms with Gasteiger partial charge in [-0.1, -0.05) is 49.7 Å². The number of rotatable bonds is 12. The predicted molar refractivity (Wildman–Crippen MR) is 246 cm³/mol. The molecule has 2 saturated carbocycles. The summed E-state index contributed by atoms with van der Waals surface area (Å²) in [6.07, 6.45) is 16.2. The molecule has 0 atom stereocenters. The number of nitrogen functional groups attached to an aromatic ring is 1. The molecule has 9 rings (SSSR count). The van der Waals surface area contributed by atoms with Crippen molar-refractivity contribution in [1.82, 2.24) is 27.5 Å². The summed E-state index contributed by atoms with van der Waals surface area (Å²) in [7, 11) is -7.55. The van der Waals surface area contributed by atoms with Crippen molar-refractivity contribution < 1.29 is 26.4 Å². The maximum Gasteiger partial charge on any atom is 0.313 e. The Hall–Kier alpha value is -6.25. The van der Waals surface area contributed by atoms with Crippen LogP contribution in [-0.2, 0) is 36.0 Å². The Labute approximate surface area is 373 Å². The number of esters is 1. The third-order valence-electron chi connectivity index (χ3n) is 12.7. The van der Waals surface area contributed by atoms with Crippen molar-refractivity contribution in [3.63, 3.8) is 0 Å². The molecule has 2 fully saturated rings. The highest BCUT2D eigenvalue weighted by atomic mass is 32.2. The Bertz CT molecular complexity index is 3030. The van der Waals surface area contributed by atoms with E-state index in [2.05, 4.69) is 32.8 Å². The zero-order valence-corrected chi connectivity index (χ0v) is 37.6. The predicted octanol–water partition coefficient (Wildman–Crippen LogP) is 8.61. The summed E-state index contributed by atoms with van der Waals surface area (Å²) in [5, 5.41) is 13.8. The fraction of sp³-hybridized carbons (Fsp3) is 0.383. The molecule has 15 nitrogen and oxygen atoms in total. The second-order valence-electron chi connectivity index (χ2n) is 16.6. The monoisotopic (exact) mass is 903 g/mol. The van der Waals surface area contributed by atoms with Crippen molar-refractivity contribution in [3.05, 3.63) is 103 Å². The number of anilines is 2. The minimum Gasteiger partial charge on any atom is -0.466 e. The molecule has 64 heavy (non-hydrogen) atoms. The van der Waals surface area contributed by atoms with Gasteiger partial charge in [0.05, 0.1) is 51.8 Å². The second kappa shape index (κ2) is 18.8. The molecule has 0 spiro atoms. The van der Waals surface area contributed by atoms with E-state index in [-0.39, 0.29) is 34.3 Å².